The Hall–Kier alpha value is -3.49. The van der Waals surface area contributed by atoms with Crippen LogP contribution in [0.1, 0.15) is 24.2 Å². The van der Waals surface area contributed by atoms with Crippen LogP contribution in [0.2, 0.25) is 5.02 Å². The van der Waals surface area contributed by atoms with Gasteiger partial charge in [0.05, 0.1) is 28.9 Å². The number of rotatable bonds is 7. The first-order chi connectivity index (χ1) is 14.1. The second-order valence-electron chi connectivity index (χ2n) is 6.08. The van der Waals surface area contributed by atoms with Crippen molar-refractivity contribution in [3.63, 3.8) is 0 Å². The Labute approximate surface area is 174 Å². The molecule has 0 aromatic heterocycles. The highest BCUT2D eigenvalue weighted by molar-refractivity contribution is 6.32. The van der Waals surface area contributed by atoms with E-state index < -0.39 is 6.10 Å². The summed E-state index contributed by atoms with van der Waals surface area (Å²) in [4.78, 5) is 13.1. The zero-order valence-electron chi connectivity index (χ0n) is 15.8. The van der Waals surface area contributed by atoms with Gasteiger partial charge in [0, 0.05) is 5.56 Å². The normalized spacial score (nSPS) is 11.2. The van der Waals surface area contributed by atoms with Gasteiger partial charge in [0.15, 0.2) is 0 Å². The number of nitrogens with zero attached hydrogens (tertiary/aromatic N) is 1. The third-order valence-corrected chi connectivity index (χ3v) is 4.39. The topological polar surface area (TPSA) is 71.3 Å². The highest BCUT2D eigenvalue weighted by atomic mass is 35.5. The number of nitriles is 1. The van der Waals surface area contributed by atoms with E-state index in [1.807, 2.05) is 43.3 Å². The summed E-state index contributed by atoms with van der Waals surface area (Å²) in [6.45, 7) is 2.35. The lowest BCUT2D eigenvalue weighted by molar-refractivity contribution is -0.123. The first-order valence-electron chi connectivity index (χ1n) is 9.06. The van der Waals surface area contributed by atoms with Gasteiger partial charge in [0.2, 0.25) is 6.10 Å². The average Bonchev–Trinajstić information content (AvgIpc) is 2.75. The van der Waals surface area contributed by atoms with Crippen LogP contribution in [-0.4, -0.2) is 12.5 Å². The summed E-state index contributed by atoms with van der Waals surface area (Å²) in [5, 5.41) is 12.1. The zero-order valence-corrected chi connectivity index (χ0v) is 16.5. The van der Waals surface area contributed by atoms with Crippen LogP contribution in [0.25, 0.3) is 0 Å². The summed E-state index contributed by atoms with van der Waals surface area (Å²) in [6.07, 6.45) is -0.948. The van der Waals surface area contributed by atoms with E-state index in [1.54, 1.807) is 36.4 Å². The van der Waals surface area contributed by atoms with E-state index in [9.17, 15) is 4.79 Å². The van der Waals surface area contributed by atoms with Crippen LogP contribution >= 0.6 is 11.6 Å². The van der Waals surface area contributed by atoms with E-state index in [4.69, 9.17) is 26.3 Å². The molecule has 29 heavy (non-hydrogen) atoms. The lowest BCUT2D eigenvalue weighted by Gasteiger charge is -2.21. The second-order valence-corrected chi connectivity index (χ2v) is 6.49. The van der Waals surface area contributed by atoms with Crippen molar-refractivity contribution in [2.75, 3.05) is 11.9 Å². The van der Waals surface area contributed by atoms with Gasteiger partial charge >= 0.3 is 0 Å². The molecule has 0 aliphatic rings. The average molecular weight is 407 g/mol. The zero-order chi connectivity index (χ0) is 20.6. The quantitative estimate of drug-likeness (QED) is 0.572. The number of anilines is 1. The minimum absolute atomic E-state index is 0.257. The van der Waals surface area contributed by atoms with Crippen molar-refractivity contribution in [3.8, 4) is 17.6 Å². The number of halogens is 1. The standard InChI is InChI=1S/C23H19ClN2O3/c1-2-28-21-11-7-6-10-19(21)26-23(27)22(17-8-4-3-5-9-17)29-20-13-12-16(15-25)14-18(20)24/h3-14,22H,2H2,1H3,(H,26,27)/t22-/m0/s1. The molecule has 146 valence electrons. The molecule has 5 nitrogen and oxygen atoms in total. The Bertz CT molecular complexity index is 1030. The summed E-state index contributed by atoms with van der Waals surface area (Å²) in [5.74, 6) is 0.517. The summed E-state index contributed by atoms with van der Waals surface area (Å²) in [7, 11) is 0. The highest BCUT2D eigenvalue weighted by Crippen LogP contribution is 2.32. The number of hydrogen-bond acceptors (Lipinski definition) is 4. The molecule has 0 radical (unpaired) electrons. The van der Waals surface area contributed by atoms with E-state index >= 15 is 0 Å². The van der Waals surface area contributed by atoms with Crippen LogP contribution < -0.4 is 14.8 Å². The molecule has 3 aromatic rings. The number of carbonyl (C=O) groups is 1. The molecule has 1 N–H and O–H groups in total. The second kappa shape index (κ2) is 9.63. The van der Waals surface area contributed by atoms with Crippen molar-refractivity contribution < 1.29 is 14.3 Å². The van der Waals surface area contributed by atoms with Crippen LogP contribution in [0, 0.1) is 11.3 Å². The SMILES string of the molecule is CCOc1ccccc1NC(=O)[C@@H](Oc1ccc(C#N)cc1Cl)c1ccccc1. The van der Waals surface area contributed by atoms with E-state index in [-0.39, 0.29) is 10.9 Å². The maximum absolute atomic E-state index is 13.1. The molecule has 0 aliphatic heterocycles. The lowest BCUT2D eigenvalue weighted by Crippen LogP contribution is -2.26. The molecule has 0 saturated heterocycles. The van der Waals surface area contributed by atoms with Crippen molar-refractivity contribution >= 4 is 23.2 Å². The Balaban J connectivity index is 1.90. The van der Waals surface area contributed by atoms with Crippen molar-refractivity contribution in [1.29, 1.82) is 5.26 Å². The molecular weight excluding hydrogens is 388 g/mol. The van der Waals surface area contributed by atoms with Crippen molar-refractivity contribution in [2.45, 2.75) is 13.0 Å². The molecule has 3 aromatic carbocycles. The summed E-state index contributed by atoms with van der Waals surface area (Å²) in [6, 6.07) is 23.0. The molecule has 0 fully saturated rings. The van der Waals surface area contributed by atoms with E-state index in [0.29, 0.717) is 34.9 Å². The number of nitrogens with one attached hydrogen (secondary N) is 1. The van der Waals surface area contributed by atoms with Crippen molar-refractivity contribution in [1.82, 2.24) is 0 Å². The number of ether oxygens (including phenoxy) is 2. The predicted octanol–water partition coefficient (Wildman–Crippen LogP) is 5.37. The first-order valence-corrected chi connectivity index (χ1v) is 9.44. The molecule has 0 unspecified atom stereocenters. The van der Waals surface area contributed by atoms with E-state index in [0.717, 1.165) is 0 Å². The lowest BCUT2D eigenvalue weighted by atomic mass is 10.1. The predicted molar refractivity (Wildman–Crippen MR) is 112 cm³/mol. The Kier molecular flexibility index (Phi) is 6.72. The van der Waals surface area contributed by atoms with Crippen LogP contribution in [0.4, 0.5) is 5.69 Å². The van der Waals surface area contributed by atoms with Crippen LogP contribution in [0.3, 0.4) is 0 Å². The number of para-hydroxylation sites is 2. The van der Waals surface area contributed by atoms with Gasteiger partial charge in [-0.05, 0) is 37.3 Å². The first kappa shape index (κ1) is 20.2. The molecule has 1 amide bonds. The molecule has 3 rings (SSSR count). The maximum Gasteiger partial charge on any atom is 0.270 e. The minimum atomic E-state index is -0.948. The smallest absolute Gasteiger partial charge is 0.270 e. The third kappa shape index (κ3) is 5.07. The fourth-order valence-electron chi connectivity index (χ4n) is 2.74. The van der Waals surface area contributed by atoms with Gasteiger partial charge < -0.3 is 14.8 Å². The summed E-state index contributed by atoms with van der Waals surface area (Å²) in [5.41, 5.74) is 1.63. The number of amides is 1. The Morgan fingerprint density at radius 1 is 1.07 bits per heavy atom. The highest BCUT2D eigenvalue weighted by Gasteiger charge is 2.24. The fraction of sp³-hybridized carbons (Fsp3) is 0.130. The molecule has 6 heteroatoms. The number of hydrogen-bond donors (Lipinski definition) is 1. The van der Waals surface area contributed by atoms with Crippen LogP contribution in [0.15, 0.2) is 72.8 Å². The van der Waals surface area contributed by atoms with Gasteiger partial charge in [0.1, 0.15) is 11.5 Å². The Morgan fingerprint density at radius 2 is 1.79 bits per heavy atom. The summed E-state index contributed by atoms with van der Waals surface area (Å²) < 4.78 is 11.5. The van der Waals surface area contributed by atoms with Gasteiger partial charge in [0.25, 0.3) is 5.91 Å². The third-order valence-electron chi connectivity index (χ3n) is 4.09. The minimum Gasteiger partial charge on any atom is -0.492 e. The molecular formula is C23H19ClN2O3. The Morgan fingerprint density at radius 3 is 2.48 bits per heavy atom. The molecule has 0 heterocycles. The van der Waals surface area contributed by atoms with Gasteiger partial charge in [-0.25, -0.2) is 0 Å². The van der Waals surface area contributed by atoms with Gasteiger partial charge in [-0.1, -0.05) is 54.1 Å². The number of benzene rings is 3. The van der Waals surface area contributed by atoms with E-state index in [2.05, 4.69) is 5.32 Å². The van der Waals surface area contributed by atoms with Crippen LogP contribution in [0.5, 0.6) is 11.5 Å². The van der Waals surface area contributed by atoms with Crippen molar-refractivity contribution in [3.05, 3.63) is 88.9 Å². The maximum atomic E-state index is 13.1. The fourth-order valence-corrected chi connectivity index (χ4v) is 2.97. The van der Waals surface area contributed by atoms with Gasteiger partial charge in [-0.3, -0.25) is 4.79 Å². The molecule has 0 saturated carbocycles. The molecule has 0 spiro atoms. The largest absolute Gasteiger partial charge is 0.492 e. The van der Waals surface area contributed by atoms with Gasteiger partial charge in [-0.2, -0.15) is 5.26 Å². The van der Waals surface area contributed by atoms with E-state index in [1.165, 1.54) is 6.07 Å². The van der Waals surface area contributed by atoms with Gasteiger partial charge in [-0.15, -0.1) is 0 Å². The van der Waals surface area contributed by atoms with Crippen LogP contribution in [-0.2, 0) is 4.79 Å². The number of carbonyl (C=O) groups excluding carboxylic acids is 1. The van der Waals surface area contributed by atoms with Crippen molar-refractivity contribution in [2.24, 2.45) is 0 Å². The molecule has 0 bridgehead atoms. The summed E-state index contributed by atoms with van der Waals surface area (Å²) >= 11 is 6.24. The monoisotopic (exact) mass is 406 g/mol. The molecule has 1 atom stereocenters. The molecule has 0 aliphatic carbocycles.